The van der Waals surface area contributed by atoms with Gasteiger partial charge in [0, 0.05) is 38.7 Å². The number of sulfonamides is 1. The smallest absolute Gasteiger partial charge is 0.409 e. The minimum atomic E-state index is -4.21. The number of fused-ring (bicyclic) bond motifs is 1. The second-order valence-corrected chi connectivity index (χ2v) is 18.3. The maximum atomic E-state index is 13.6. The van der Waals surface area contributed by atoms with Crippen LogP contribution in [0.4, 0.5) is 4.79 Å². The molecule has 0 unspecified atom stereocenters. The fraction of sp³-hybridized carbons (Fsp3) is 0.575. The number of hydrogen-bond acceptors (Lipinski definition) is 9. The van der Waals surface area contributed by atoms with Crippen molar-refractivity contribution in [2.24, 2.45) is 15.5 Å². The summed E-state index contributed by atoms with van der Waals surface area (Å²) in [6.45, 7) is 18.6. The summed E-state index contributed by atoms with van der Waals surface area (Å²) in [7, 11) is -2.61. The largest absolute Gasteiger partial charge is 0.487 e. The third kappa shape index (κ3) is 13.4. The lowest BCUT2D eigenvalue weighted by Gasteiger charge is -2.31. The Labute approximate surface area is 331 Å². The molecule has 3 amide bonds. The summed E-state index contributed by atoms with van der Waals surface area (Å²) < 4.78 is 47.8. The number of amides is 3. The van der Waals surface area contributed by atoms with Crippen molar-refractivity contribution in [3.05, 3.63) is 58.1 Å². The lowest BCUT2D eigenvalue weighted by Crippen LogP contribution is -2.50. The van der Waals surface area contributed by atoms with Gasteiger partial charge in [0.05, 0.1) is 4.90 Å². The van der Waals surface area contributed by atoms with Gasteiger partial charge in [0.2, 0.25) is 17.8 Å². The molecule has 0 spiro atoms. The van der Waals surface area contributed by atoms with Crippen LogP contribution < -0.4 is 26.4 Å². The standard InChI is InChI=1S/C40H60N6O9S/c1-25-26(2)34(27(3)29-21-40(9,10)55-33(25)29)56(51,52)45-36(41)42-19-15-18-30(44-31(47)20-32(48)54-38(4,5)6)35(49)43-23-39(7,8)24-46(11)37(50)53-22-28-16-13-12-14-17-28/h12-14,16-17,30H,15,18-24H2,1-11H3,(H,43,49)(H,44,47)(H3,41,42,45)/t30-/m0/s1. The SMILES string of the molecule is Cc1c(C)c(S(=O)(=O)/N=C(/N)NCCC[C@H](NC(=O)CC(=O)OC(C)(C)C)C(=O)NCC(C)(C)CN(C)C(=O)OCc2ccccc2)c(C)c2c1OC(C)(C)C2. The van der Waals surface area contributed by atoms with E-state index in [1.165, 1.54) is 4.90 Å². The Bertz CT molecular complexity index is 1900. The molecule has 0 saturated heterocycles. The van der Waals surface area contributed by atoms with E-state index in [1.807, 2.05) is 65.0 Å². The zero-order chi connectivity index (χ0) is 42.2. The van der Waals surface area contributed by atoms with E-state index in [4.69, 9.17) is 19.9 Å². The highest BCUT2D eigenvalue weighted by Gasteiger charge is 2.37. The van der Waals surface area contributed by atoms with Crippen LogP contribution in [0, 0.1) is 26.2 Å². The second kappa shape index (κ2) is 18.4. The normalized spacial score (nSPS) is 14.5. The average molecular weight is 801 g/mol. The number of ether oxygens (including phenoxy) is 3. The molecular weight excluding hydrogens is 741 g/mol. The molecule has 0 aliphatic carbocycles. The molecular formula is C40H60N6O9S. The number of rotatable bonds is 16. The van der Waals surface area contributed by atoms with E-state index in [-0.39, 0.29) is 49.9 Å². The second-order valence-electron chi connectivity index (χ2n) is 16.7. The first-order chi connectivity index (χ1) is 25.8. The molecule has 0 aromatic heterocycles. The summed E-state index contributed by atoms with van der Waals surface area (Å²) in [6, 6.07) is 8.23. The quantitative estimate of drug-likeness (QED) is 0.0618. The number of carbonyl (C=O) groups excluding carboxylic acids is 4. The van der Waals surface area contributed by atoms with Gasteiger partial charge in [-0.2, -0.15) is 8.42 Å². The number of nitrogens with one attached hydrogen (secondary N) is 3. The summed E-state index contributed by atoms with van der Waals surface area (Å²) in [5, 5.41) is 8.27. The van der Waals surface area contributed by atoms with Crippen LogP contribution in [0.2, 0.25) is 0 Å². The zero-order valence-electron chi connectivity index (χ0n) is 34.7. The van der Waals surface area contributed by atoms with Crippen molar-refractivity contribution in [1.82, 2.24) is 20.9 Å². The summed E-state index contributed by atoms with van der Waals surface area (Å²) in [5.74, 6) is -1.60. The lowest BCUT2D eigenvalue weighted by atomic mass is 9.92. The number of esters is 1. The van der Waals surface area contributed by atoms with E-state index in [2.05, 4.69) is 20.3 Å². The van der Waals surface area contributed by atoms with E-state index in [0.29, 0.717) is 23.3 Å². The van der Waals surface area contributed by atoms with Crippen LogP contribution in [-0.4, -0.2) is 87.1 Å². The van der Waals surface area contributed by atoms with Gasteiger partial charge in [0.1, 0.15) is 36.0 Å². The molecule has 2 aromatic carbocycles. The predicted molar refractivity (Wildman–Crippen MR) is 214 cm³/mol. The third-order valence-electron chi connectivity index (χ3n) is 9.04. The summed E-state index contributed by atoms with van der Waals surface area (Å²) >= 11 is 0. The number of benzene rings is 2. The van der Waals surface area contributed by atoms with Gasteiger partial charge < -0.3 is 40.8 Å². The maximum Gasteiger partial charge on any atom is 0.409 e. The molecule has 1 atom stereocenters. The van der Waals surface area contributed by atoms with Crippen LogP contribution in [0.3, 0.4) is 0 Å². The van der Waals surface area contributed by atoms with Crippen molar-refractivity contribution < 1.29 is 41.8 Å². The van der Waals surface area contributed by atoms with E-state index in [1.54, 1.807) is 41.7 Å². The van der Waals surface area contributed by atoms with Crippen molar-refractivity contribution in [2.75, 3.05) is 26.7 Å². The molecule has 15 nitrogen and oxygen atoms in total. The van der Waals surface area contributed by atoms with Gasteiger partial charge in [0.25, 0.3) is 10.0 Å². The van der Waals surface area contributed by atoms with Crippen molar-refractivity contribution in [3.8, 4) is 5.75 Å². The van der Waals surface area contributed by atoms with Gasteiger partial charge in [-0.15, -0.1) is 4.40 Å². The predicted octanol–water partition coefficient (Wildman–Crippen LogP) is 4.33. The highest BCUT2D eigenvalue weighted by atomic mass is 32.2. The van der Waals surface area contributed by atoms with E-state index < -0.39 is 63.0 Å². The van der Waals surface area contributed by atoms with Crippen molar-refractivity contribution >= 4 is 39.9 Å². The van der Waals surface area contributed by atoms with Gasteiger partial charge in [-0.25, -0.2) is 4.79 Å². The Morgan fingerprint density at radius 2 is 1.64 bits per heavy atom. The number of carbonyl (C=O) groups is 4. The molecule has 2 aromatic rings. The molecule has 56 heavy (non-hydrogen) atoms. The Morgan fingerprint density at radius 3 is 2.27 bits per heavy atom. The molecule has 0 saturated carbocycles. The van der Waals surface area contributed by atoms with Gasteiger partial charge in [-0.3, -0.25) is 14.4 Å². The van der Waals surface area contributed by atoms with Crippen molar-refractivity contribution in [3.63, 3.8) is 0 Å². The molecule has 5 N–H and O–H groups in total. The fourth-order valence-corrected chi connectivity index (χ4v) is 7.89. The first-order valence-corrected chi connectivity index (χ1v) is 20.1. The Kier molecular flexibility index (Phi) is 15.0. The first-order valence-electron chi connectivity index (χ1n) is 18.7. The Morgan fingerprint density at radius 1 is 1.00 bits per heavy atom. The molecule has 0 radical (unpaired) electrons. The Hall–Kier alpha value is -4.86. The van der Waals surface area contributed by atoms with Crippen LogP contribution in [0.1, 0.15) is 95.5 Å². The van der Waals surface area contributed by atoms with E-state index in [9.17, 15) is 27.6 Å². The summed E-state index contributed by atoms with van der Waals surface area (Å²) in [5.41, 5.74) is 7.70. The molecule has 0 fully saturated rings. The number of nitrogens with two attached hydrogens (primary N) is 1. The van der Waals surface area contributed by atoms with Crippen molar-refractivity contribution in [1.29, 1.82) is 0 Å². The van der Waals surface area contributed by atoms with Crippen LogP contribution in [0.25, 0.3) is 0 Å². The minimum absolute atomic E-state index is 0.0856. The molecule has 0 bridgehead atoms. The van der Waals surface area contributed by atoms with E-state index in [0.717, 1.165) is 16.7 Å². The monoisotopic (exact) mass is 800 g/mol. The number of nitrogens with zero attached hydrogens (tertiary/aromatic N) is 2. The molecule has 1 aliphatic rings. The third-order valence-corrected chi connectivity index (χ3v) is 10.6. The maximum absolute atomic E-state index is 13.6. The van der Waals surface area contributed by atoms with Crippen LogP contribution >= 0.6 is 0 Å². The first kappa shape index (κ1) is 45.5. The highest BCUT2D eigenvalue weighted by Crippen LogP contribution is 2.44. The molecule has 16 heteroatoms. The van der Waals surface area contributed by atoms with Crippen molar-refractivity contribution in [2.45, 2.75) is 124 Å². The van der Waals surface area contributed by atoms with Crippen LogP contribution in [0.5, 0.6) is 5.75 Å². The summed E-state index contributed by atoms with van der Waals surface area (Å²) in [6.07, 6.45) is -0.208. The average Bonchev–Trinajstić information content (AvgIpc) is 3.41. The van der Waals surface area contributed by atoms with Gasteiger partial charge >= 0.3 is 12.1 Å². The lowest BCUT2D eigenvalue weighted by molar-refractivity contribution is -0.156. The molecule has 1 aliphatic heterocycles. The van der Waals surface area contributed by atoms with Gasteiger partial charge in [0.15, 0.2) is 0 Å². The fourth-order valence-electron chi connectivity index (χ4n) is 6.43. The molecule has 1 heterocycles. The highest BCUT2D eigenvalue weighted by molar-refractivity contribution is 7.90. The van der Waals surface area contributed by atoms with Crippen LogP contribution in [0.15, 0.2) is 39.6 Å². The van der Waals surface area contributed by atoms with Gasteiger partial charge in [-0.1, -0.05) is 44.2 Å². The number of guanidine groups is 1. The zero-order valence-corrected chi connectivity index (χ0v) is 35.5. The topological polar surface area (TPSA) is 208 Å². The van der Waals surface area contributed by atoms with Crippen LogP contribution in [-0.2, 0) is 46.9 Å². The molecule has 310 valence electrons. The molecule has 3 rings (SSSR count). The summed E-state index contributed by atoms with van der Waals surface area (Å²) in [4.78, 5) is 52.9. The van der Waals surface area contributed by atoms with E-state index >= 15 is 0 Å². The number of hydrogen-bond donors (Lipinski definition) is 4. The van der Waals surface area contributed by atoms with Gasteiger partial charge in [-0.05, 0) is 95.9 Å². The minimum Gasteiger partial charge on any atom is -0.487 e. The Balaban J connectivity index is 1.65.